The van der Waals surface area contributed by atoms with Gasteiger partial charge < -0.3 is 14.9 Å². The SMILES string of the molecule is COCc1c(C(=O)O)nnn1CC(C)O. The van der Waals surface area contributed by atoms with Crippen LogP contribution in [0.2, 0.25) is 0 Å². The average molecular weight is 215 g/mol. The molecular weight excluding hydrogens is 202 g/mol. The van der Waals surface area contributed by atoms with E-state index in [2.05, 4.69) is 10.3 Å². The van der Waals surface area contributed by atoms with Gasteiger partial charge in [0.25, 0.3) is 0 Å². The van der Waals surface area contributed by atoms with Crippen LogP contribution in [0.15, 0.2) is 0 Å². The van der Waals surface area contributed by atoms with Crippen molar-refractivity contribution in [1.82, 2.24) is 15.0 Å². The summed E-state index contributed by atoms with van der Waals surface area (Å²) in [5, 5.41) is 25.1. The van der Waals surface area contributed by atoms with E-state index in [1.165, 1.54) is 11.8 Å². The van der Waals surface area contributed by atoms with Gasteiger partial charge in [-0.1, -0.05) is 5.21 Å². The Hall–Kier alpha value is -1.47. The van der Waals surface area contributed by atoms with Crippen molar-refractivity contribution in [2.24, 2.45) is 0 Å². The fraction of sp³-hybridized carbons (Fsp3) is 0.625. The molecule has 0 aliphatic heterocycles. The van der Waals surface area contributed by atoms with Gasteiger partial charge in [0.05, 0.1) is 24.9 Å². The molecule has 7 heteroatoms. The summed E-state index contributed by atoms with van der Waals surface area (Å²) in [5.74, 6) is -1.15. The van der Waals surface area contributed by atoms with Gasteiger partial charge in [0.15, 0.2) is 5.69 Å². The topological polar surface area (TPSA) is 97.5 Å². The van der Waals surface area contributed by atoms with Crippen molar-refractivity contribution in [3.05, 3.63) is 11.4 Å². The van der Waals surface area contributed by atoms with Gasteiger partial charge in [0, 0.05) is 7.11 Å². The zero-order valence-electron chi connectivity index (χ0n) is 8.54. The number of carboxylic acid groups (broad SMARTS) is 1. The number of aliphatic hydroxyl groups is 1. The Kier molecular flexibility index (Phi) is 3.75. The molecule has 0 bridgehead atoms. The molecule has 0 saturated carbocycles. The number of methoxy groups -OCH3 is 1. The summed E-state index contributed by atoms with van der Waals surface area (Å²) < 4.78 is 6.18. The lowest BCUT2D eigenvalue weighted by Crippen LogP contribution is -2.16. The lowest BCUT2D eigenvalue weighted by Gasteiger charge is -2.07. The monoisotopic (exact) mass is 215 g/mol. The van der Waals surface area contributed by atoms with Gasteiger partial charge >= 0.3 is 5.97 Å². The molecule has 15 heavy (non-hydrogen) atoms. The van der Waals surface area contributed by atoms with E-state index in [9.17, 15) is 4.79 Å². The summed E-state index contributed by atoms with van der Waals surface area (Å²) in [6, 6.07) is 0. The molecule has 1 rings (SSSR count). The van der Waals surface area contributed by atoms with Crippen LogP contribution in [0.25, 0.3) is 0 Å². The summed E-state index contributed by atoms with van der Waals surface area (Å²) in [7, 11) is 1.45. The van der Waals surface area contributed by atoms with Crippen molar-refractivity contribution in [1.29, 1.82) is 0 Å². The van der Waals surface area contributed by atoms with E-state index in [-0.39, 0.29) is 18.8 Å². The molecule has 1 aromatic rings. The molecule has 0 aliphatic rings. The normalized spacial score (nSPS) is 12.7. The highest BCUT2D eigenvalue weighted by molar-refractivity contribution is 5.86. The highest BCUT2D eigenvalue weighted by atomic mass is 16.5. The van der Waals surface area contributed by atoms with E-state index in [1.54, 1.807) is 6.92 Å². The second-order valence-electron chi connectivity index (χ2n) is 3.15. The van der Waals surface area contributed by atoms with Gasteiger partial charge in [-0.3, -0.25) is 0 Å². The third kappa shape index (κ3) is 2.74. The molecule has 7 nitrogen and oxygen atoms in total. The minimum Gasteiger partial charge on any atom is -0.476 e. The Bertz CT molecular complexity index is 348. The van der Waals surface area contributed by atoms with Crippen LogP contribution in [-0.4, -0.2) is 44.4 Å². The molecule has 1 atom stereocenters. The number of aromatic carboxylic acids is 1. The van der Waals surface area contributed by atoms with Crippen LogP contribution in [0.1, 0.15) is 23.1 Å². The first-order valence-electron chi connectivity index (χ1n) is 4.39. The van der Waals surface area contributed by atoms with E-state index in [0.29, 0.717) is 5.69 Å². The number of aromatic nitrogens is 3. The third-order valence-corrected chi connectivity index (χ3v) is 1.76. The highest BCUT2D eigenvalue weighted by Gasteiger charge is 2.19. The summed E-state index contributed by atoms with van der Waals surface area (Å²) in [6.45, 7) is 1.87. The highest BCUT2D eigenvalue weighted by Crippen LogP contribution is 2.07. The number of carbonyl (C=O) groups is 1. The van der Waals surface area contributed by atoms with Crippen LogP contribution in [0.3, 0.4) is 0 Å². The molecule has 0 aromatic carbocycles. The maximum atomic E-state index is 10.8. The Morgan fingerprint density at radius 3 is 2.80 bits per heavy atom. The van der Waals surface area contributed by atoms with Crippen LogP contribution in [0, 0.1) is 0 Å². The number of hydrogen-bond acceptors (Lipinski definition) is 5. The average Bonchev–Trinajstić information content (AvgIpc) is 2.48. The van der Waals surface area contributed by atoms with Crippen molar-refractivity contribution in [2.45, 2.75) is 26.2 Å². The Labute approximate surface area is 86.3 Å². The first kappa shape index (κ1) is 11.6. The molecule has 1 unspecified atom stereocenters. The first-order valence-corrected chi connectivity index (χ1v) is 4.39. The molecule has 1 heterocycles. The van der Waals surface area contributed by atoms with Gasteiger partial charge in [0.2, 0.25) is 0 Å². The van der Waals surface area contributed by atoms with E-state index in [0.717, 1.165) is 0 Å². The number of nitrogens with zero attached hydrogens (tertiary/aromatic N) is 3. The zero-order valence-corrected chi connectivity index (χ0v) is 8.54. The lowest BCUT2D eigenvalue weighted by molar-refractivity contribution is 0.0684. The minimum absolute atomic E-state index is 0.0986. The molecule has 0 saturated heterocycles. The van der Waals surface area contributed by atoms with Gasteiger partial charge in [-0.25, -0.2) is 9.48 Å². The number of ether oxygens (including phenoxy) is 1. The molecule has 1 aromatic heterocycles. The fourth-order valence-corrected chi connectivity index (χ4v) is 1.18. The quantitative estimate of drug-likeness (QED) is 0.687. The Morgan fingerprint density at radius 2 is 2.33 bits per heavy atom. The third-order valence-electron chi connectivity index (χ3n) is 1.76. The number of aliphatic hydroxyl groups excluding tert-OH is 1. The predicted molar refractivity (Wildman–Crippen MR) is 49.4 cm³/mol. The van der Waals surface area contributed by atoms with Crippen molar-refractivity contribution in [3.8, 4) is 0 Å². The van der Waals surface area contributed by atoms with E-state index in [1.807, 2.05) is 0 Å². The molecule has 84 valence electrons. The molecule has 0 radical (unpaired) electrons. The van der Waals surface area contributed by atoms with E-state index in [4.69, 9.17) is 14.9 Å². The van der Waals surface area contributed by atoms with Crippen LogP contribution in [0.4, 0.5) is 0 Å². The largest absolute Gasteiger partial charge is 0.476 e. The molecular formula is C8H13N3O4. The van der Waals surface area contributed by atoms with Crippen LogP contribution < -0.4 is 0 Å². The summed E-state index contributed by atoms with van der Waals surface area (Å²) in [5.41, 5.74) is 0.211. The molecule has 0 fully saturated rings. The van der Waals surface area contributed by atoms with Crippen LogP contribution in [0.5, 0.6) is 0 Å². The second kappa shape index (κ2) is 4.85. The number of hydrogen-bond donors (Lipinski definition) is 2. The van der Waals surface area contributed by atoms with Gasteiger partial charge in [-0.05, 0) is 6.92 Å². The van der Waals surface area contributed by atoms with Gasteiger partial charge in [-0.2, -0.15) is 0 Å². The van der Waals surface area contributed by atoms with Crippen molar-refractivity contribution < 1.29 is 19.7 Å². The standard InChI is InChI=1S/C8H13N3O4/c1-5(12)3-11-6(4-15-2)7(8(13)14)9-10-11/h5,12H,3-4H2,1-2H3,(H,13,14). The van der Waals surface area contributed by atoms with Crippen molar-refractivity contribution in [3.63, 3.8) is 0 Å². The minimum atomic E-state index is -1.15. The maximum absolute atomic E-state index is 10.8. The lowest BCUT2D eigenvalue weighted by atomic mass is 10.3. The van der Waals surface area contributed by atoms with Gasteiger partial charge in [0.1, 0.15) is 0 Å². The molecule has 2 N–H and O–H groups in total. The van der Waals surface area contributed by atoms with Gasteiger partial charge in [-0.15, -0.1) is 5.10 Å². The predicted octanol–water partition coefficient (Wildman–Crippen LogP) is -0.497. The summed E-state index contributed by atoms with van der Waals surface area (Å²) in [6.07, 6.45) is -0.621. The zero-order chi connectivity index (χ0) is 11.4. The second-order valence-corrected chi connectivity index (χ2v) is 3.15. The smallest absolute Gasteiger partial charge is 0.358 e. The van der Waals surface area contributed by atoms with Crippen LogP contribution in [-0.2, 0) is 17.9 Å². The van der Waals surface area contributed by atoms with Crippen molar-refractivity contribution >= 4 is 5.97 Å². The molecule has 0 spiro atoms. The number of carboxylic acids is 1. The fourth-order valence-electron chi connectivity index (χ4n) is 1.18. The van der Waals surface area contributed by atoms with E-state index >= 15 is 0 Å². The summed E-state index contributed by atoms with van der Waals surface area (Å²) in [4.78, 5) is 10.8. The molecule has 0 aliphatic carbocycles. The summed E-state index contributed by atoms with van der Waals surface area (Å²) >= 11 is 0. The molecule has 0 amide bonds. The Morgan fingerprint density at radius 1 is 1.67 bits per heavy atom. The Balaban J connectivity index is 3.00. The first-order chi connectivity index (χ1) is 7.06. The van der Waals surface area contributed by atoms with E-state index < -0.39 is 12.1 Å². The van der Waals surface area contributed by atoms with Crippen molar-refractivity contribution in [2.75, 3.05) is 7.11 Å². The number of rotatable bonds is 5. The maximum Gasteiger partial charge on any atom is 0.358 e. The van der Waals surface area contributed by atoms with Crippen LogP contribution >= 0.6 is 0 Å².